The molecule has 1 rings (SSSR count). The van der Waals surface area contributed by atoms with Gasteiger partial charge in [-0.3, -0.25) is 4.79 Å². The lowest BCUT2D eigenvalue weighted by Crippen LogP contribution is -2.43. The van der Waals surface area contributed by atoms with Crippen LogP contribution in [-0.2, 0) is 14.4 Å². The minimum atomic E-state index is -1.46. The highest BCUT2D eigenvalue weighted by atomic mass is 127. The number of carboxylic acid groups (broad SMARTS) is 1. The van der Waals surface area contributed by atoms with Crippen LogP contribution in [0, 0.1) is 3.57 Å². The summed E-state index contributed by atoms with van der Waals surface area (Å²) in [4.78, 5) is 33.6. The first-order valence-corrected chi connectivity index (χ1v) is 6.25. The summed E-state index contributed by atoms with van der Waals surface area (Å²) in [5.41, 5.74) is 0.774. The molecule has 5 nitrogen and oxygen atoms in total. The summed E-state index contributed by atoms with van der Waals surface area (Å²) >= 11 is 2.14. The van der Waals surface area contributed by atoms with E-state index in [0.717, 1.165) is 14.0 Å². The van der Waals surface area contributed by atoms with Gasteiger partial charge in [-0.1, -0.05) is 12.1 Å². The summed E-state index contributed by atoms with van der Waals surface area (Å²) in [6, 6.07) is 5.36. The molecule has 0 aromatic heterocycles. The van der Waals surface area contributed by atoms with Crippen LogP contribution in [0.3, 0.4) is 0 Å². The molecule has 0 aliphatic carbocycles. The molecule has 96 valence electrons. The van der Waals surface area contributed by atoms with E-state index in [2.05, 4.69) is 22.6 Å². The number of aliphatic carboxylic acids is 1. The van der Waals surface area contributed by atoms with E-state index < -0.39 is 18.1 Å². The van der Waals surface area contributed by atoms with Crippen LogP contribution >= 0.6 is 22.6 Å². The van der Waals surface area contributed by atoms with Gasteiger partial charge in [0, 0.05) is 3.57 Å². The fraction of sp³-hybridized carbons (Fsp3) is 0.250. The number of benzene rings is 1. The van der Waals surface area contributed by atoms with Crippen molar-refractivity contribution in [2.24, 2.45) is 0 Å². The maximum atomic E-state index is 11.0. The Kier molecular flexibility index (Phi) is 5.26. The molecule has 0 saturated carbocycles. The van der Waals surface area contributed by atoms with Crippen LogP contribution in [0.2, 0.25) is 0 Å². The van der Waals surface area contributed by atoms with E-state index in [1.54, 1.807) is 19.1 Å². The minimum Gasteiger partial charge on any atom is -0.479 e. The molecule has 6 heteroatoms. The molecule has 1 aromatic rings. The summed E-state index contributed by atoms with van der Waals surface area (Å²) < 4.78 is 1.03. The molecule has 2 atom stereocenters. The van der Waals surface area contributed by atoms with Gasteiger partial charge in [-0.05, 0) is 47.2 Å². The predicted octanol–water partition coefficient (Wildman–Crippen LogP) is 1.46. The van der Waals surface area contributed by atoms with Crippen LogP contribution in [0.5, 0.6) is 0 Å². The van der Waals surface area contributed by atoms with E-state index in [-0.39, 0.29) is 6.29 Å². The number of aldehydes is 1. The normalized spacial score (nSPS) is 13.4. The number of carbonyl (C=O) groups excluding carboxylic acids is 2. The largest absolute Gasteiger partial charge is 0.479 e. The second kappa shape index (κ2) is 6.48. The lowest BCUT2D eigenvalue weighted by atomic mass is 10.1. The average molecular weight is 361 g/mol. The Bertz CT molecular complexity index is 446. The third-order valence-corrected chi connectivity index (χ3v) is 3.34. The number of amides is 1. The predicted molar refractivity (Wildman–Crippen MR) is 73.0 cm³/mol. The summed E-state index contributed by atoms with van der Waals surface area (Å²) in [5.74, 6) is -1.34. The second-order valence-electron chi connectivity index (χ2n) is 3.70. The van der Waals surface area contributed by atoms with E-state index in [0.29, 0.717) is 6.41 Å². The summed E-state index contributed by atoms with van der Waals surface area (Å²) in [6.07, 6.45) is 0.635. The molecule has 0 aliphatic rings. The average Bonchev–Trinajstić information content (AvgIpc) is 2.35. The zero-order valence-electron chi connectivity index (χ0n) is 9.62. The Balaban J connectivity index is 3.01. The van der Waals surface area contributed by atoms with E-state index in [1.165, 1.54) is 0 Å². The molecule has 0 bridgehead atoms. The van der Waals surface area contributed by atoms with Crippen molar-refractivity contribution in [1.82, 2.24) is 4.90 Å². The topological polar surface area (TPSA) is 74.7 Å². The Labute approximate surface area is 118 Å². The van der Waals surface area contributed by atoms with Crippen molar-refractivity contribution in [3.63, 3.8) is 0 Å². The number of halogens is 1. The van der Waals surface area contributed by atoms with Crippen molar-refractivity contribution in [1.29, 1.82) is 0 Å². The van der Waals surface area contributed by atoms with Gasteiger partial charge in [0.05, 0.1) is 6.04 Å². The Morgan fingerprint density at radius 1 is 1.33 bits per heavy atom. The molecule has 18 heavy (non-hydrogen) atoms. The van der Waals surface area contributed by atoms with Crippen LogP contribution in [0.1, 0.15) is 18.5 Å². The molecule has 0 aliphatic heterocycles. The van der Waals surface area contributed by atoms with Gasteiger partial charge in [-0.25, -0.2) is 4.79 Å². The van der Waals surface area contributed by atoms with Gasteiger partial charge in [-0.15, -0.1) is 0 Å². The van der Waals surface area contributed by atoms with Gasteiger partial charge in [0.2, 0.25) is 6.41 Å². The third-order valence-electron chi connectivity index (χ3n) is 2.62. The van der Waals surface area contributed by atoms with Crippen LogP contribution < -0.4 is 0 Å². The summed E-state index contributed by atoms with van der Waals surface area (Å²) in [5, 5.41) is 8.88. The maximum absolute atomic E-state index is 11.0. The van der Waals surface area contributed by atoms with Crippen LogP contribution in [0.25, 0.3) is 0 Å². The summed E-state index contributed by atoms with van der Waals surface area (Å²) in [6.45, 7) is 1.68. The zero-order chi connectivity index (χ0) is 13.7. The Morgan fingerprint density at radius 3 is 2.28 bits per heavy atom. The van der Waals surface area contributed by atoms with Crippen molar-refractivity contribution in [2.75, 3.05) is 0 Å². The lowest BCUT2D eigenvalue weighted by molar-refractivity contribution is -0.149. The number of carboxylic acids is 1. The number of hydrogen-bond donors (Lipinski definition) is 1. The summed E-state index contributed by atoms with van der Waals surface area (Å²) in [7, 11) is 0. The molecule has 1 amide bonds. The monoisotopic (exact) mass is 361 g/mol. The number of nitrogens with zero attached hydrogens (tertiary/aromatic N) is 1. The van der Waals surface area contributed by atoms with Crippen molar-refractivity contribution in [3.05, 3.63) is 33.4 Å². The van der Waals surface area contributed by atoms with Gasteiger partial charge in [0.25, 0.3) is 0 Å². The van der Waals surface area contributed by atoms with Crippen molar-refractivity contribution in [3.8, 4) is 0 Å². The Morgan fingerprint density at radius 2 is 1.89 bits per heavy atom. The van der Waals surface area contributed by atoms with E-state index in [4.69, 9.17) is 5.11 Å². The van der Waals surface area contributed by atoms with E-state index >= 15 is 0 Å². The third kappa shape index (κ3) is 3.28. The molecule has 0 spiro atoms. The second-order valence-corrected chi connectivity index (χ2v) is 4.94. The van der Waals surface area contributed by atoms with E-state index in [9.17, 15) is 14.4 Å². The highest BCUT2D eigenvalue weighted by molar-refractivity contribution is 14.1. The first-order chi connectivity index (χ1) is 8.51. The Hall–Kier alpha value is -1.44. The van der Waals surface area contributed by atoms with Gasteiger partial charge in [-0.2, -0.15) is 0 Å². The first-order valence-electron chi connectivity index (χ1n) is 5.17. The highest BCUT2D eigenvalue weighted by Gasteiger charge is 2.28. The SMILES string of the molecule is C[C@H](c1ccc(I)cc1)N(C=O)C(C=O)C(=O)O. The van der Waals surface area contributed by atoms with Gasteiger partial charge >= 0.3 is 5.97 Å². The van der Waals surface area contributed by atoms with E-state index in [1.807, 2.05) is 12.1 Å². The zero-order valence-corrected chi connectivity index (χ0v) is 11.8. The van der Waals surface area contributed by atoms with Crippen molar-refractivity contribution < 1.29 is 19.5 Å². The van der Waals surface area contributed by atoms with Crippen molar-refractivity contribution >= 4 is 41.3 Å². The molecule has 1 unspecified atom stereocenters. The van der Waals surface area contributed by atoms with Gasteiger partial charge in [0.1, 0.15) is 0 Å². The molecular weight excluding hydrogens is 349 g/mol. The fourth-order valence-electron chi connectivity index (χ4n) is 1.57. The first kappa shape index (κ1) is 14.6. The molecule has 0 heterocycles. The number of hydrogen-bond acceptors (Lipinski definition) is 3. The smallest absolute Gasteiger partial charge is 0.333 e. The molecule has 0 radical (unpaired) electrons. The molecule has 1 N–H and O–H groups in total. The highest BCUT2D eigenvalue weighted by Crippen LogP contribution is 2.21. The maximum Gasteiger partial charge on any atom is 0.333 e. The minimum absolute atomic E-state index is 0.250. The van der Waals surface area contributed by atoms with Crippen LogP contribution in [0.15, 0.2) is 24.3 Å². The number of rotatable bonds is 6. The van der Waals surface area contributed by atoms with Crippen LogP contribution in [-0.4, -0.2) is 34.7 Å². The standard InChI is InChI=1S/C12H12INO4/c1-8(9-2-4-10(13)5-3-9)14(7-16)11(6-15)12(17)18/h2-8,11H,1H3,(H,17,18)/t8-,11?/m1/s1. The van der Waals surface area contributed by atoms with Crippen LogP contribution in [0.4, 0.5) is 0 Å². The quantitative estimate of drug-likeness (QED) is 0.473. The lowest BCUT2D eigenvalue weighted by Gasteiger charge is -2.28. The molecular formula is C12H12INO4. The van der Waals surface area contributed by atoms with Crippen molar-refractivity contribution in [2.45, 2.75) is 19.0 Å². The van der Waals surface area contributed by atoms with Gasteiger partial charge in [0.15, 0.2) is 12.3 Å². The molecule has 0 fully saturated rings. The molecule has 1 aromatic carbocycles. The molecule has 0 saturated heterocycles. The fourth-order valence-corrected chi connectivity index (χ4v) is 1.93. The van der Waals surface area contributed by atoms with Gasteiger partial charge < -0.3 is 14.8 Å². The number of carbonyl (C=O) groups is 3.